The summed E-state index contributed by atoms with van der Waals surface area (Å²) in [5, 5.41) is 24.5. The summed E-state index contributed by atoms with van der Waals surface area (Å²) in [6, 6.07) is -1.57. The van der Waals surface area contributed by atoms with Gasteiger partial charge in [-0.2, -0.15) is 4.99 Å². The van der Waals surface area contributed by atoms with Crippen LogP contribution in [0.1, 0.15) is 12.8 Å². The highest BCUT2D eigenvalue weighted by atomic mass is 16.9. The molecule has 0 bridgehead atoms. The van der Waals surface area contributed by atoms with Crippen molar-refractivity contribution in [3.05, 3.63) is 10.1 Å². The van der Waals surface area contributed by atoms with Gasteiger partial charge in [0.05, 0.1) is 0 Å². The first-order valence-corrected chi connectivity index (χ1v) is 4.86. The van der Waals surface area contributed by atoms with E-state index in [0.29, 0.717) is 6.42 Å². The molecule has 0 aliphatic rings. The standard InChI is InChI=1S/C7H15N5O3.HNO3/c8-4(5(13)14)2-1-3-11-7(15)12-6(9)10;2-1(3)4/h4H,1-3,8H2,(H,13,14)(H5,9,10,11,12,15);(H,2,3,4). The van der Waals surface area contributed by atoms with Crippen molar-refractivity contribution in [3.63, 3.8) is 0 Å². The smallest absolute Gasteiger partial charge is 0.344 e. The molecular formula is C7H16N6O6. The molecule has 0 radical (unpaired) electrons. The van der Waals surface area contributed by atoms with Crippen LogP contribution < -0.4 is 22.5 Å². The van der Waals surface area contributed by atoms with Crippen molar-refractivity contribution >= 4 is 18.0 Å². The third-order valence-corrected chi connectivity index (χ3v) is 1.52. The van der Waals surface area contributed by atoms with Crippen LogP contribution in [-0.2, 0) is 4.79 Å². The van der Waals surface area contributed by atoms with Crippen LogP contribution in [0, 0.1) is 10.1 Å². The number of rotatable bonds is 5. The highest BCUT2D eigenvalue weighted by molar-refractivity contribution is 5.90. The zero-order valence-corrected chi connectivity index (χ0v) is 9.85. The van der Waals surface area contributed by atoms with E-state index < -0.39 is 23.1 Å². The lowest BCUT2D eigenvalue weighted by Crippen LogP contribution is -2.32. The van der Waals surface area contributed by atoms with E-state index in [-0.39, 0.29) is 18.9 Å². The Labute approximate surface area is 107 Å². The molecule has 1 atom stereocenters. The minimum absolute atomic E-state index is 0.274. The first-order chi connectivity index (χ1) is 8.66. The molecule has 0 spiro atoms. The first kappa shape index (κ1) is 18.7. The number of nitrogens with one attached hydrogen (secondary N) is 1. The zero-order valence-electron chi connectivity index (χ0n) is 9.85. The summed E-state index contributed by atoms with van der Waals surface area (Å²) in [6.07, 6.45) is 0.719. The molecule has 0 heterocycles. The average molecular weight is 280 g/mol. The Morgan fingerprint density at radius 1 is 1.42 bits per heavy atom. The van der Waals surface area contributed by atoms with Gasteiger partial charge in [-0.1, -0.05) is 0 Å². The van der Waals surface area contributed by atoms with Gasteiger partial charge in [-0.15, -0.1) is 10.1 Å². The molecule has 12 nitrogen and oxygen atoms in total. The number of nitrogens with zero attached hydrogens (tertiary/aromatic N) is 2. The fraction of sp³-hybridized carbons (Fsp3) is 0.571. The second-order valence-corrected chi connectivity index (χ2v) is 3.09. The molecule has 1 unspecified atom stereocenters. The molecule has 9 N–H and O–H groups in total. The molecule has 0 rings (SSSR count). The molecule has 0 aromatic carbocycles. The predicted octanol–water partition coefficient (Wildman–Crippen LogP) is -2.19. The van der Waals surface area contributed by atoms with Gasteiger partial charge in [0, 0.05) is 6.54 Å². The Hall–Kier alpha value is -2.63. The quantitative estimate of drug-likeness (QED) is 0.106. The van der Waals surface area contributed by atoms with Crippen LogP contribution in [0.4, 0.5) is 4.79 Å². The van der Waals surface area contributed by atoms with Gasteiger partial charge in [0.25, 0.3) is 5.09 Å². The van der Waals surface area contributed by atoms with E-state index in [0.717, 1.165) is 0 Å². The van der Waals surface area contributed by atoms with Crippen LogP contribution in [0.15, 0.2) is 4.99 Å². The number of hydrogen-bond acceptors (Lipinski definition) is 5. The molecule has 0 saturated carbocycles. The van der Waals surface area contributed by atoms with Gasteiger partial charge in [0.2, 0.25) is 0 Å². The highest BCUT2D eigenvalue weighted by Crippen LogP contribution is 1.93. The molecule has 110 valence electrons. The Kier molecular flexibility index (Phi) is 10.4. The fourth-order valence-electron chi connectivity index (χ4n) is 0.798. The number of guanidine groups is 1. The van der Waals surface area contributed by atoms with Crippen molar-refractivity contribution in [3.8, 4) is 0 Å². The number of nitrogens with two attached hydrogens (primary N) is 3. The van der Waals surface area contributed by atoms with Crippen molar-refractivity contribution < 1.29 is 25.0 Å². The average Bonchev–Trinajstić information content (AvgIpc) is 2.21. The third-order valence-electron chi connectivity index (χ3n) is 1.52. The van der Waals surface area contributed by atoms with Crippen molar-refractivity contribution in [2.75, 3.05) is 6.54 Å². The van der Waals surface area contributed by atoms with E-state index in [1.807, 2.05) is 0 Å². The summed E-state index contributed by atoms with van der Waals surface area (Å²) in [5.41, 5.74) is 15.1. The third kappa shape index (κ3) is 18.0. The predicted molar refractivity (Wildman–Crippen MR) is 62.8 cm³/mol. The molecule has 19 heavy (non-hydrogen) atoms. The Balaban J connectivity index is 0. The molecule has 2 amide bonds. The minimum atomic E-state index is -1.50. The molecular weight excluding hydrogens is 264 g/mol. The SMILES string of the molecule is NC(N)=NC(=O)NCCCC(N)C(=O)O.O=[N+]([O-])O. The molecule has 0 aromatic rings. The summed E-state index contributed by atoms with van der Waals surface area (Å²) in [5.74, 6) is -1.39. The number of carboxylic acids is 1. The van der Waals surface area contributed by atoms with Crippen LogP contribution in [0.25, 0.3) is 0 Å². The van der Waals surface area contributed by atoms with Crippen LogP contribution in [0.2, 0.25) is 0 Å². The maximum Gasteiger partial charge on any atom is 0.344 e. The molecule has 0 aromatic heterocycles. The molecule has 0 fully saturated rings. The number of amides is 2. The van der Waals surface area contributed by atoms with Crippen LogP contribution in [0.3, 0.4) is 0 Å². The summed E-state index contributed by atoms with van der Waals surface area (Å²) in [4.78, 5) is 32.7. The van der Waals surface area contributed by atoms with Crippen LogP contribution >= 0.6 is 0 Å². The normalized spacial score (nSPS) is 10.4. The summed E-state index contributed by atoms with van der Waals surface area (Å²) >= 11 is 0. The number of carboxylic acid groups (broad SMARTS) is 1. The van der Waals surface area contributed by atoms with Crippen LogP contribution in [-0.4, -0.2) is 45.9 Å². The van der Waals surface area contributed by atoms with Gasteiger partial charge in [-0.3, -0.25) is 4.79 Å². The lowest BCUT2D eigenvalue weighted by atomic mass is 10.2. The molecule has 12 heteroatoms. The molecule has 0 aliphatic heterocycles. The van der Waals surface area contributed by atoms with Gasteiger partial charge in [0.15, 0.2) is 5.96 Å². The number of hydrogen-bond donors (Lipinski definition) is 6. The fourth-order valence-corrected chi connectivity index (χ4v) is 0.798. The van der Waals surface area contributed by atoms with Gasteiger partial charge >= 0.3 is 12.0 Å². The lowest BCUT2D eigenvalue weighted by molar-refractivity contribution is -0.742. The lowest BCUT2D eigenvalue weighted by Gasteiger charge is -2.05. The van der Waals surface area contributed by atoms with Crippen molar-refractivity contribution in [2.24, 2.45) is 22.2 Å². The Bertz CT molecular complexity index is 337. The first-order valence-electron chi connectivity index (χ1n) is 4.86. The van der Waals surface area contributed by atoms with Gasteiger partial charge in [-0.25, -0.2) is 4.79 Å². The summed E-state index contributed by atoms with van der Waals surface area (Å²) in [7, 11) is 0. The van der Waals surface area contributed by atoms with E-state index in [2.05, 4.69) is 10.3 Å². The van der Waals surface area contributed by atoms with E-state index >= 15 is 0 Å². The number of urea groups is 1. The van der Waals surface area contributed by atoms with E-state index in [1.54, 1.807) is 0 Å². The van der Waals surface area contributed by atoms with E-state index in [4.69, 9.17) is 37.6 Å². The van der Waals surface area contributed by atoms with Crippen molar-refractivity contribution in [1.29, 1.82) is 0 Å². The highest BCUT2D eigenvalue weighted by Gasteiger charge is 2.10. The summed E-state index contributed by atoms with van der Waals surface area (Å²) in [6.45, 7) is 0.274. The van der Waals surface area contributed by atoms with Gasteiger partial charge < -0.3 is 32.8 Å². The van der Waals surface area contributed by atoms with E-state index in [1.165, 1.54) is 0 Å². The monoisotopic (exact) mass is 280 g/mol. The van der Waals surface area contributed by atoms with Gasteiger partial charge in [0.1, 0.15) is 6.04 Å². The second-order valence-electron chi connectivity index (χ2n) is 3.09. The van der Waals surface area contributed by atoms with Gasteiger partial charge in [-0.05, 0) is 12.8 Å². The van der Waals surface area contributed by atoms with Crippen LogP contribution in [0.5, 0.6) is 0 Å². The Morgan fingerprint density at radius 2 is 1.89 bits per heavy atom. The minimum Gasteiger partial charge on any atom is -0.480 e. The largest absolute Gasteiger partial charge is 0.480 e. The maximum atomic E-state index is 10.8. The number of carbonyl (C=O) groups excluding carboxylic acids is 1. The molecule has 0 saturated heterocycles. The summed E-state index contributed by atoms with van der Waals surface area (Å²) < 4.78 is 0. The van der Waals surface area contributed by atoms with Crippen molar-refractivity contribution in [1.82, 2.24) is 5.32 Å². The van der Waals surface area contributed by atoms with E-state index in [9.17, 15) is 9.59 Å². The number of aliphatic imine (C=N–C) groups is 1. The Morgan fingerprint density at radius 3 is 2.26 bits per heavy atom. The number of carbonyl (C=O) groups is 2. The molecule has 0 aliphatic carbocycles. The number of aliphatic carboxylic acids is 1. The topological polar surface area (TPSA) is 220 Å². The van der Waals surface area contributed by atoms with Crippen molar-refractivity contribution in [2.45, 2.75) is 18.9 Å². The second kappa shape index (κ2) is 10.5. The zero-order chi connectivity index (χ0) is 15.4. The maximum absolute atomic E-state index is 10.8.